The van der Waals surface area contributed by atoms with Gasteiger partial charge in [-0.15, -0.1) is 0 Å². The quantitative estimate of drug-likeness (QED) is 0.590. The number of anilines is 1. The van der Waals surface area contributed by atoms with Crippen LogP contribution in [-0.2, 0) is 12.0 Å². The molecule has 2 aliphatic rings. The fourth-order valence-electron chi connectivity index (χ4n) is 4.67. The Morgan fingerprint density at radius 3 is 2.79 bits per heavy atom. The summed E-state index contributed by atoms with van der Waals surface area (Å²) in [7, 11) is 0. The number of hydrogen-bond donors (Lipinski definition) is 2. The van der Waals surface area contributed by atoms with E-state index in [0.29, 0.717) is 36.5 Å². The van der Waals surface area contributed by atoms with E-state index in [1.165, 1.54) is 24.4 Å². The number of carbonyl (C=O) groups is 1. The van der Waals surface area contributed by atoms with Gasteiger partial charge >= 0.3 is 12.6 Å². The number of likely N-dealkylation sites (tertiary alicyclic amines) is 1. The number of hydrogen-bond acceptors (Lipinski definition) is 5. The van der Waals surface area contributed by atoms with E-state index in [1.54, 1.807) is 17.0 Å². The molecule has 0 bridgehead atoms. The van der Waals surface area contributed by atoms with Crippen LogP contribution < -0.4 is 15.8 Å². The Hall–Kier alpha value is -3.76. The summed E-state index contributed by atoms with van der Waals surface area (Å²) < 4.78 is 45.1. The molecule has 4 heterocycles. The zero-order valence-electron chi connectivity index (χ0n) is 18.3. The Morgan fingerprint density at radius 1 is 1.26 bits per heavy atom. The Labute approximate surface area is 193 Å². The molecule has 1 atom stereocenters. The summed E-state index contributed by atoms with van der Waals surface area (Å²) in [6, 6.07) is 8.91. The summed E-state index contributed by atoms with van der Waals surface area (Å²) in [5.41, 5.74) is 8.18. The van der Waals surface area contributed by atoms with Gasteiger partial charge in [0, 0.05) is 42.5 Å². The second-order valence-corrected chi connectivity index (χ2v) is 8.74. The van der Waals surface area contributed by atoms with Crippen LogP contribution >= 0.6 is 0 Å². The minimum Gasteiger partial charge on any atom is -0.431 e. The van der Waals surface area contributed by atoms with E-state index in [9.17, 15) is 18.0 Å². The molecule has 34 heavy (non-hydrogen) atoms. The zero-order chi connectivity index (χ0) is 24.0. The summed E-state index contributed by atoms with van der Waals surface area (Å²) >= 11 is 0. The molecule has 0 saturated carbocycles. The predicted molar refractivity (Wildman–Crippen MR) is 118 cm³/mol. The van der Waals surface area contributed by atoms with Gasteiger partial charge in [0.1, 0.15) is 5.82 Å². The number of pyridine rings is 1. The van der Waals surface area contributed by atoms with Crippen molar-refractivity contribution in [3.8, 4) is 17.0 Å². The molecule has 1 aromatic carbocycles. The van der Waals surface area contributed by atoms with Crippen molar-refractivity contribution >= 4 is 11.8 Å². The maximum Gasteiger partial charge on any atom is 0.387 e. The molecule has 2 aliphatic heterocycles. The number of carbonyl (C=O) groups excluding carboxylic acids is 1. The number of nitrogens with two attached hydrogens (primary N) is 1. The number of aromatic nitrogens is 3. The zero-order valence-corrected chi connectivity index (χ0v) is 18.3. The number of ether oxygens (including phenoxy) is 1. The summed E-state index contributed by atoms with van der Waals surface area (Å²) in [6.45, 7) is 0.545. The lowest BCUT2D eigenvalue weighted by atomic mass is 9.76. The summed E-state index contributed by atoms with van der Waals surface area (Å²) in [4.78, 5) is 18.4. The lowest BCUT2D eigenvalue weighted by Crippen LogP contribution is -2.62. The van der Waals surface area contributed by atoms with E-state index >= 15 is 0 Å². The molecule has 5 rings (SSSR count). The molecule has 11 heteroatoms. The van der Waals surface area contributed by atoms with Gasteiger partial charge in [0.05, 0.1) is 11.7 Å². The van der Waals surface area contributed by atoms with Crippen molar-refractivity contribution < 1.29 is 22.7 Å². The first-order chi connectivity index (χ1) is 16.2. The van der Waals surface area contributed by atoms with Gasteiger partial charge in [-0.1, -0.05) is 12.1 Å². The van der Waals surface area contributed by atoms with Crippen LogP contribution in [0.4, 0.5) is 23.8 Å². The highest BCUT2D eigenvalue weighted by molar-refractivity contribution is 5.76. The van der Waals surface area contributed by atoms with Gasteiger partial charge in [-0.3, -0.25) is 4.68 Å². The second kappa shape index (κ2) is 8.23. The average Bonchev–Trinajstić information content (AvgIpc) is 3.33. The van der Waals surface area contributed by atoms with Crippen LogP contribution in [0.15, 0.2) is 42.6 Å². The predicted octanol–water partition coefficient (Wildman–Crippen LogP) is 3.70. The number of nitrogen functional groups attached to an aromatic ring is 1. The Morgan fingerprint density at radius 2 is 2.06 bits per heavy atom. The summed E-state index contributed by atoms with van der Waals surface area (Å²) in [6.07, 6.45) is 2.31. The first-order valence-corrected chi connectivity index (χ1v) is 10.8. The first kappa shape index (κ1) is 22.1. The van der Waals surface area contributed by atoms with Gasteiger partial charge in [-0.25, -0.2) is 14.2 Å². The van der Waals surface area contributed by atoms with Gasteiger partial charge in [0.15, 0.2) is 11.6 Å². The third-order valence-corrected chi connectivity index (χ3v) is 6.48. The molecular weight excluding hydrogens is 449 g/mol. The standard InChI is InChI=1S/C23H23F3N6O2/c1-13(14-3-2-4-16(24)7-14)29-22(33)31-11-23(12-31)5-6-32-19(23)9-17(30-32)15-8-18(34-21(25)26)20(27)28-10-15/h2-4,7-10,13,21H,5-6,11-12H2,1H3,(H2,27,28)(H,29,33)/t13-/m1/s1. The van der Waals surface area contributed by atoms with Crippen molar-refractivity contribution in [1.82, 2.24) is 25.0 Å². The van der Waals surface area contributed by atoms with E-state index in [0.717, 1.165) is 12.1 Å². The van der Waals surface area contributed by atoms with Crippen LogP contribution in [0.5, 0.6) is 5.75 Å². The number of alkyl halides is 2. The monoisotopic (exact) mass is 472 g/mol. The van der Waals surface area contributed by atoms with Gasteiger partial charge < -0.3 is 20.7 Å². The van der Waals surface area contributed by atoms with Crippen molar-refractivity contribution in [3.63, 3.8) is 0 Å². The van der Waals surface area contributed by atoms with Crippen LogP contribution in [0.1, 0.15) is 30.6 Å². The molecule has 0 radical (unpaired) electrons. The molecule has 1 spiro atoms. The van der Waals surface area contributed by atoms with Crippen molar-refractivity contribution in [2.45, 2.75) is 38.0 Å². The largest absolute Gasteiger partial charge is 0.431 e. The molecule has 0 unspecified atom stereocenters. The van der Waals surface area contributed by atoms with Crippen molar-refractivity contribution in [1.29, 1.82) is 0 Å². The van der Waals surface area contributed by atoms with E-state index in [4.69, 9.17) is 5.73 Å². The topological polar surface area (TPSA) is 98.3 Å². The number of fused-ring (bicyclic) bond motifs is 2. The van der Waals surface area contributed by atoms with Crippen molar-refractivity contribution in [3.05, 3.63) is 59.7 Å². The van der Waals surface area contributed by atoms with E-state index < -0.39 is 6.61 Å². The van der Waals surface area contributed by atoms with E-state index in [-0.39, 0.29) is 34.9 Å². The number of nitrogens with zero attached hydrogens (tertiary/aromatic N) is 4. The number of rotatable bonds is 5. The Balaban J connectivity index is 1.28. The maximum absolute atomic E-state index is 13.5. The van der Waals surface area contributed by atoms with Gasteiger partial charge in [0.2, 0.25) is 0 Å². The Kier molecular flexibility index (Phi) is 5.34. The number of aryl methyl sites for hydroxylation is 1. The number of amides is 2. The molecule has 3 N–H and O–H groups in total. The minimum absolute atomic E-state index is 0.125. The van der Waals surface area contributed by atoms with Crippen LogP contribution in [0.25, 0.3) is 11.3 Å². The van der Waals surface area contributed by atoms with E-state index in [1.807, 2.05) is 17.7 Å². The maximum atomic E-state index is 13.5. The van der Waals surface area contributed by atoms with Gasteiger partial charge in [0.25, 0.3) is 0 Å². The Bertz CT molecular complexity index is 1240. The van der Waals surface area contributed by atoms with Crippen LogP contribution in [0.3, 0.4) is 0 Å². The molecule has 3 aromatic rings. The molecule has 1 saturated heterocycles. The van der Waals surface area contributed by atoms with Crippen molar-refractivity contribution in [2.24, 2.45) is 0 Å². The molecule has 0 aliphatic carbocycles. The number of nitrogens with one attached hydrogen (secondary N) is 1. The van der Waals surface area contributed by atoms with Crippen LogP contribution in [-0.4, -0.2) is 45.4 Å². The first-order valence-electron chi connectivity index (χ1n) is 10.8. The fourth-order valence-corrected chi connectivity index (χ4v) is 4.67. The second-order valence-electron chi connectivity index (χ2n) is 8.74. The minimum atomic E-state index is -3.01. The number of halogens is 3. The third kappa shape index (κ3) is 3.91. The number of urea groups is 1. The highest BCUT2D eigenvalue weighted by Gasteiger charge is 2.51. The molecule has 178 valence electrons. The molecule has 8 nitrogen and oxygen atoms in total. The smallest absolute Gasteiger partial charge is 0.387 e. The molecule has 1 fully saturated rings. The summed E-state index contributed by atoms with van der Waals surface area (Å²) in [5, 5.41) is 7.51. The van der Waals surface area contributed by atoms with Crippen molar-refractivity contribution in [2.75, 3.05) is 18.8 Å². The summed E-state index contributed by atoms with van der Waals surface area (Å²) in [5.74, 6) is -0.671. The highest BCUT2D eigenvalue weighted by atomic mass is 19.3. The fraction of sp³-hybridized carbons (Fsp3) is 0.348. The molecule has 2 amide bonds. The normalized spacial score (nSPS) is 16.9. The van der Waals surface area contributed by atoms with Crippen LogP contribution in [0, 0.1) is 5.82 Å². The van der Waals surface area contributed by atoms with E-state index in [2.05, 4.69) is 20.1 Å². The van der Waals surface area contributed by atoms with Gasteiger partial charge in [-0.2, -0.15) is 13.9 Å². The molecular formula is C23H23F3N6O2. The average molecular weight is 472 g/mol. The number of benzene rings is 1. The van der Waals surface area contributed by atoms with Gasteiger partial charge in [-0.05, 0) is 43.2 Å². The lowest BCUT2D eigenvalue weighted by Gasteiger charge is -2.47. The highest BCUT2D eigenvalue weighted by Crippen LogP contribution is 2.44. The third-order valence-electron chi connectivity index (χ3n) is 6.48. The SMILES string of the molecule is C[C@@H](NC(=O)N1CC2(CCn3nc(-c4cnc(N)c(OC(F)F)c4)cc32)C1)c1cccc(F)c1. The van der Waals surface area contributed by atoms with Crippen LogP contribution in [0.2, 0.25) is 0 Å². The molecule has 2 aromatic heterocycles. The lowest BCUT2D eigenvalue weighted by molar-refractivity contribution is -0.0494.